The van der Waals surface area contributed by atoms with Gasteiger partial charge in [-0.05, 0) is 72.6 Å². The quantitative estimate of drug-likeness (QED) is 0.218. The number of aromatic nitrogens is 2. The van der Waals surface area contributed by atoms with Crippen LogP contribution < -0.4 is 21.5 Å². The van der Waals surface area contributed by atoms with E-state index in [1.807, 2.05) is 6.92 Å². The Hall–Kier alpha value is -5.45. The topological polar surface area (TPSA) is 105 Å². The molecule has 0 aliphatic heterocycles. The van der Waals surface area contributed by atoms with Gasteiger partial charge in [0.25, 0.3) is 17.4 Å². The molecule has 218 valence electrons. The Bertz CT molecular complexity index is 1950. The highest BCUT2D eigenvalue weighted by Gasteiger charge is 2.31. The van der Waals surface area contributed by atoms with E-state index >= 15 is 0 Å². The highest BCUT2D eigenvalue weighted by molar-refractivity contribution is 6.04. The van der Waals surface area contributed by atoms with Crippen molar-refractivity contribution in [1.29, 1.82) is 0 Å². The fourth-order valence-corrected chi connectivity index (χ4v) is 4.69. The molecule has 43 heavy (non-hydrogen) atoms. The second-order valence-corrected chi connectivity index (χ2v) is 9.90. The summed E-state index contributed by atoms with van der Waals surface area (Å²) in [6.45, 7) is 1.82. The first-order valence-corrected chi connectivity index (χ1v) is 13.1. The number of hydrogen-bond donors (Lipinski definition) is 3. The highest BCUT2D eigenvalue weighted by Crippen LogP contribution is 2.31. The number of benzene rings is 3. The molecule has 0 saturated heterocycles. The van der Waals surface area contributed by atoms with Gasteiger partial charge in [0.1, 0.15) is 5.82 Å². The zero-order chi connectivity index (χ0) is 30.9. The summed E-state index contributed by atoms with van der Waals surface area (Å²) in [6.07, 6.45) is -2.95. The number of carbonyl (C=O) groups is 2. The number of pyridine rings is 2. The molecule has 0 aliphatic rings. The van der Waals surface area contributed by atoms with Crippen molar-refractivity contribution in [2.24, 2.45) is 7.05 Å². The zero-order valence-corrected chi connectivity index (χ0v) is 23.3. The summed E-state index contributed by atoms with van der Waals surface area (Å²) >= 11 is 0. The number of alkyl halides is 3. The molecule has 0 radical (unpaired) electrons. The summed E-state index contributed by atoms with van der Waals surface area (Å²) in [5.74, 6) is -0.461. The fourth-order valence-electron chi connectivity index (χ4n) is 4.69. The van der Waals surface area contributed by atoms with E-state index in [1.165, 1.54) is 16.7 Å². The lowest BCUT2D eigenvalue weighted by Gasteiger charge is -2.14. The minimum absolute atomic E-state index is 0.144. The molecule has 0 spiro atoms. The van der Waals surface area contributed by atoms with E-state index < -0.39 is 17.6 Å². The number of nitrogens with zero attached hydrogens (tertiary/aromatic N) is 2. The van der Waals surface area contributed by atoms with Crippen molar-refractivity contribution >= 4 is 39.9 Å². The molecule has 0 fully saturated rings. The van der Waals surface area contributed by atoms with Crippen LogP contribution in [0.15, 0.2) is 89.9 Å². The molecule has 3 aromatic carbocycles. The Labute approximate surface area is 244 Å². The van der Waals surface area contributed by atoms with Crippen LogP contribution in [0.5, 0.6) is 0 Å². The van der Waals surface area contributed by atoms with Gasteiger partial charge in [-0.15, -0.1) is 0 Å². The number of fused-ring (bicyclic) bond motifs is 1. The van der Waals surface area contributed by atoms with Crippen LogP contribution in [0.25, 0.3) is 22.0 Å². The number of rotatable bonds is 6. The van der Waals surface area contributed by atoms with Crippen LogP contribution in [0.1, 0.15) is 31.8 Å². The van der Waals surface area contributed by atoms with Crippen molar-refractivity contribution in [1.82, 2.24) is 14.9 Å². The normalized spacial score (nSPS) is 11.3. The molecule has 5 rings (SSSR count). The molecule has 0 bridgehead atoms. The SMILES string of the molecule is CNC(=O)c1cccc(Nc2cc3c(cn2)cc(-c2cc(NC(=O)c4cccc(C(F)(F)F)c4)ccc2C)c(=O)n3C)c1. The van der Waals surface area contributed by atoms with E-state index in [0.717, 1.165) is 17.7 Å². The smallest absolute Gasteiger partial charge is 0.355 e. The van der Waals surface area contributed by atoms with Gasteiger partial charge in [-0.25, -0.2) is 4.98 Å². The van der Waals surface area contributed by atoms with Crippen molar-refractivity contribution < 1.29 is 22.8 Å². The molecule has 0 atom stereocenters. The molecule has 0 saturated carbocycles. The van der Waals surface area contributed by atoms with Crippen LogP contribution >= 0.6 is 0 Å². The Morgan fingerprint density at radius 2 is 1.56 bits per heavy atom. The number of anilines is 3. The Balaban J connectivity index is 1.45. The largest absolute Gasteiger partial charge is 0.416 e. The molecule has 2 amide bonds. The fraction of sp³-hybridized carbons (Fsp3) is 0.125. The van der Waals surface area contributed by atoms with Crippen molar-refractivity contribution in [2.75, 3.05) is 17.7 Å². The van der Waals surface area contributed by atoms with Crippen LogP contribution in [0.4, 0.5) is 30.4 Å². The van der Waals surface area contributed by atoms with E-state index in [2.05, 4.69) is 20.9 Å². The van der Waals surface area contributed by atoms with Crippen LogP contribution in [0.3, 0.4) is 0 Å². The summed E-state index contributed by atoms with van der Waals surface area (Å²) in [5.41, 5.74) is 2.38. The Morgan fingerprint density at radius 1 is 0.837 bits per heavy atom. The Morgan fingerprint density at radius 3 is 2.28 bits per heavy atom. The summed E-state index contributed by atoms with van der Waals surface area (Å²) in [4.78, 5) is 42.8. The molecule has 0 unspecified atom stereocenters. The second-order valence-electron chi connectivity index (χ2n) is 9.90. The van der Waals surface area contributed by atoms with E-state index in [-0.39, 0.29) is 17.0 Å². The number of amides is 2. The van der Waals surface area contributed by atoms with Gasteiger partial charge in [0, 0.05) is 59.8 Å². The van der Waals surface area contributed by atoms with E-state index in [9.17, 15) is 27.6 Å². The first-order valence-electron chi connectivity index (χ1n) is 13.1. The monoisotopic (exact) mass is 585 g/mol. The van der Waals surface area contributed by atoms with Crippen LogP contribution in [-0.2, 0) is 13.2 Å². The van der Waals surface area contributed by atoms with Gasteiger partial charge in [-0.2, -0.15) is 13.2 Å². The summed E-state index contributed by atoms with van der Waals surface area (Å²) in [7, 11) is 3.19. The van der Waals surface area contributed by atoms with Gasteiger partial charge in [-0.1, -0.05) is 18.2 Å². The first-order chi connectivity index (χ1) is 20.4. The van der Waals surface area contributed by atoms with Crippen molar-refractivity contribution in [3.63, 3.8) is 0 Å². The first kappa shape index (κ1) is 29.1. The van der Waals surface area contributed by atoms with Gasteiger partial charge >= 0.3 is 6.18 Å². The minimum Gasteiger partial charge on any atom is -0.355 e. The van der Waals surface area contributed by atoms with Crippen molar-refractivity contribution in [3.05, 3.63) is 118 Å². The lowest BCUT2D eigenvalue weighted by atomic mass is 9.99. The predicted molar refractivity (Wildman–Crippen MR) is 160 cm³/mol. The molecule has 5 aromatic rings. The molecular weight excluding hydrogens is 559 g/mol. The zero-order valence-electron chi connectivity index (χ0n) is 23.3. The molecule has 0 aliphatic carbocycles. The Kier molecular flexibility index (Phi) is 7.73. The summed E-state index contributed by atoms with van der Waals surface area (Å²) < 4.78 is 40.8. The number of carbonyl (C=O) groups excluding carboxylic acids is 2. The van der Waals surface area contributed by atoms with Crippen LogP contribution in [-0.4, -0.2) is 28.4 Å². The number of hydrogen-bond acceptors (Lipinski definition) is 5. The van der Waals surface area contributed by atoms with Crippen molar-refractivity contribution in [2.45, 2.75) is 13.1 Å². The van der Waals surface area contributed by atoms with Gasteiger partial charge in [-0.3, -0.25) is 14.4 Å². The maximum atomic E-state index is 13.5. The standard InChI is InChI=1S/C32H26F3N5O3/c1-18-10-11-24(39-30(42)19-6-4-8-22(12-19)32(33,34)35)15-25(18)26-14-21-17-37-28(16-27(21)40(3)31(26)43)38-23-9-5-7-20(13-23)29(41)36-2/h4-17H,1-3H3,(H,36,41)(H,37,38)(H,39,42). The van der Waals surface area contributed by atoms with Crippen LogP contribution in [0.2, 0.25) is 0 Å². The number of halogens is 3. The third-order valence-corrected chi connectivity index (χ3v) is 6.97. The maximum absolute atomic E-state index is 13.5. The molecule has 2 aromatic heterocycles. The summed E-state index contributed by atoms with van der Waals surface area (Å²) in [6, 6.07) is 19.5. The highest BCUT2D eigenvalue weighted by atomic mass is 19.4. The lowest BCUT2D eigenvalue weighted by Crippen LogP contribution is -2.20. The molecule has 11 heteroatoms. The lowest BCUT2D eigenvalue weighted by molar-refractivity contribution is -0.137. The van der Waals surface area contributed by atoms with E-state index in [0.29, 0.717) is 44.8 Å². The molecule has 2 heterocycles. The maximum Gasteiger partial charge on any atom is 0.416 e. The van der Waals surface area contributed by atoms with E-state index in [1.54, 1.807) is 74.9 Å². The van der Waals surface area contributed by atoms with Gasteiger partial charge in [0.05, 0.1) is 11.1 Å². The van der Waals surface area contributed by atoms with Gasteiger partial charge in [0.15, 0.2) is 0 Å². The third kappa shape index (κ3) is 6.10. The molecule has 8 nitrogen and oxygen atoms in total. The average molecular weight is 586 g/mol. The minimum atomic E-state index is -4.58. The average Bonchev–Trinajstić information content (AvgIpc) is 2.99. The molecule has 3 N–H and O–H groups in total. The van der Waals surface area contributed by atoms with Crippen LogP contribution in [0, 0.1) is 6.92 Å². The summed E-state index contributed by atoms with van der Waals surface area (Å²) in [5, 5.41) is 9.05. The number of aryl methyl sites for hydroxylation is 2. The third-order valence-electron chi connectivity index (χ3n) is 6.97. The van der Waals surface area contributed by atoms with Gasteiger partial charge in [0.2, 0.25) is 0 Å². The second kappa shape index (κ2) is 11.4. The number of nitrogens with one attached hydrogen (secondary N) is 3. The van der Waals surface area contributed by atoms with Gasteiger partial charge < -0.3 is 20.5 Å². The molecular formula is C32H26F3N5O3. The van der Waals surface area contributed by atoms with Crippen molar-refractivity contribution in [3.8, 4) is 11.1 Å². The van der Waals surface area contributed by atoms with E-state index in [4.69, 9.17) is 0 Å². The predicted octanol–water partition coefficient (Wildman–Crippen LogP) is 6.28.